The third-order valence-corrected chi connectivity index (χ3v) is 5.69. The predicted octanol–water partition coefficient (Wildman–Crippen LogP) is 5.72. The van der Waals surface area contributed by atoms with Crippen molar-refractivity contribution in [3.05, 3.63) is 65.4 Å². The van der Waals surface area contributed by atoms with Gasteiger partial charge in [0, 0.05) is 35.9 Å². The second kappa shape index (κ2) is 9.29. The van der Waals surface area contributed by atoms with Crippen LogP contribution in [0.5, 0.6) is 5.75 Å². The van der Waals surface area contributed by atoms with Crippen molar-refractivity contribution in [2.75, 3.05) is 18.5 Å². The van der Waals surface area contributed by atoms with Gasteiger partial charge in [0.25, 0.3) is 5.91 Å². The number of rotatable bonds is 8. The zero-order chi connectivity index (χ0) is 22.7. The number of aryl methyl sites for hydroxylation is 1. The number of fused-ring (bicyclic) bond motifs is 1. The molecule has 5 nitrogen and oxygen atoms in total. The topological polar surface area (TPSA) is 63.2 Å². The van der Waals surface area contributed by atoms with Gasteiger partial charge in [-0.1, -0.05) is 26.8 Å². The van der Waals surface area contributed by atoms with Gasteiger partial charge in [-0.15, -0.1) is 0 Å². The van der Waals surface area contributed by atoms with Gasteiger partial charge < -0.3 is 15.4 Å². The molecule has 0 spiro atoms. The number of carbonyl (C=O) groups excluding carboxylic acids is 1. The molecule has 1 aliphatic rings. The van der Waals surface area contributed by atoms with Crippen molar-refractivity contribution in [2.45, 2.75) is 47.1 Å². The number of amides is 1. The molecule has 0 unspecified atom stereocenters. The Morgan fingerprint density at radius 1 is 1.12 bits per heavy atom. The lowest BCUT2D eigenvalue weighted by Crippen LogP contribution is -2.26. The Balaban J connectivity index is 1.41. The molecule has 0 aliphatic heterocycles. The first-order chi connectivity index (χ1) is 15.3. The standard InChI is InChI=1S/C27H33N3O2/c1-18-24(30-26(31)21-7-10-23(11-8-21)32-16-19-5-6-19)12-9-22-13-20(15-29-25(18)22)14-28-17-27(2,3)4/h7-13,15,19,28H,5-6,14,16-17H2,1-4H3,(H,30,31). The van der Waals surface area contributed by atoms with E-state index in [-0.39, 0.29) is 11.3 Å². The largest absolute Gasteiger partial charge is 0.493 e. The van der Waals surface area contributed by atoms with Crippen LogP contribution in [0.3, 0.4) is 0 Å². The van der Waals surface area contributed by atoms with E-state index in [9.17, 15) is 4.79 Å². The summed E-state index contributed by atoms with van der Waals surface area (Å²) in [6.45, 7) is 11.2. The van der Waals surface area contributed by atoms with Gasteiger partial charge in [0.1, 0.15) is 5.75 Å². The van der Waals surface area contributed by atoms with E-state index in [1.54, 1.807) is 0 Å². The Bertz CT molecular complexity index is 1100. The second-order valence-electron chi connectivity index (χ2n) is 10.1. The minimum Gasteiger partial charge on any atom is -0.493 e. The first-order valence-corrected chi connectivity index (χ1v) is 11.4. The molecule has 168 valence electrons. The van der Waals surface area contributed by atoms with Crippen LogP contribution in [-0.2, 0) is 6.54 Å². The van der Waals surface area contributed by atoms with E-state index in [0.717, 1.165) is 53.2 Å². The van der Waals surface area contributed by atoms with Crippen LogP contribution in [0.1, 0.15) is 55.1 Å². The van der Waals surface area contributed by atoms with Crippen molar-refractivity contribution >= 4 is 22.5 Å². The summed E-state index contributed by atoms with van der Waals surface area (Å²) in [4.78, 5) is 17.4. The molecule has 0 bridgehead atoms. The number of anilines is 1. The third-order valence-electron chi connectivity index (χ3n) is 5.69. The zero-order valence-electron chi connectivity index (χ0n) is 19.5. The van der Waals surface area contributed by atoms with Crippen molar-refractivity contribution < 1.29 is 9.53 Å². The zero-order valence-corrected chi connectivity index (χ0v) is 19.5. The molecule has 2 N–H and O–H groups in total. The van der Waals surface area contributed by atoms with Crippen LogP contribution in [0.4, 0.5) is 5.69 Å². The molecule has 5 heteroatoms. The molecule has 0 atom stereocenters. The van der Waals surface area contributed by atoms with Crippen LogP contribution in [0.25, 0.3) is 10.9 Å². The Labute approximate surface area is 190 Å². The van der Waals surface area contributed by atoms with E-state index < -0.39 is 0 Å². The normalized spacial score (nSPS) is 13.9. The molecule has 3 aromatic rings. The van der Waals surface area contributed by atoms with Crippen molar-refractivity contribution in [2.24, 2.45) is 11.3 Å². The van der Waals surface area contributed by atoms with E-state index in [4.69, 9.17) is 4.74 Å². The minimum atomic E-state index is -0.135. The summed E-state index contributed by atoms with van der Waals surface area (Å²) in [5, 5.41) is 7.60. The van der Waals surface area contributed by atoms with Crippen molar-refractivity contribution in [3.63, 3.8) is 0 Å². The van der Waals surface area contributed by atoms with E-state index in [2.05, 4.69) is 42.5 Å². The highest BCUT2D eigenvalue weighted by Gasteiger charge is 2.22. The van der Waals surface area contributed by atoms with Crippen molar-refractivity contribution in [1.82, 2.24) is 10.3 Å². The molecule has 1 saturated carbocycles. The highest BCUT2D eigenvalue weighted by molar-refractivity contribution is 6.06. The summed E-state index contributed by atoms with van der Waals surface area (Å²) in [5.41, 5.74) is 4.67. The predicted molar refractivity (Wildman–Crippen MR) is 130 cm³/mol. The molecule has 1 amide bonds. The van der Waals surface area contributed by atoms with Gasteiger partial charge in [0.2, 0.25) is 0 Å². The van der Waals surface area contributed by atoms with E-state index in [0.29, 0.717) is 11.5 Å². The maximum atomic E-state index is 12.8. The number of nitrogens with zero attached hydrogens (tertiary/aromatic N) is 1. The molecule has 1 fully saturated rings. The maximum Gasteiger partial charge on any atom is 0.255 e. The minimum absolute atomic E-state index is 0.135. The summed E-state index contributed by atoms with van der Waals surface area (Å²) < 4.78 is 5.76. The Morgan fingerprint density at radius 2 is 1.88 bits per heavy atom. The molecule has 32 heavy (non-hydrogen) atoms. The molecule has 1 aliphatic carbocycles. The summed E-state index contributed by atoms with van der Waals surface area (Å²) in [5.74, 6) is 1.38. The highest BCUT2D eigenvalue weighted by atomic mass is 16.5. The van der Waals surface area contributed by atoms with Gasteiger partial charge in [-0.2, -0.15) is 0 Å². The van der Waals surface area contributed by atoms with Crippen LogP contribution >= 0.6 is 0 Å². The molecule has 0 saturated heterocycles. The second-order valence-corrected chi connectivity index (χ2v) is 10.1. The smallest absolute Gasteiger partial charge is 0.255 e. The molecular weight excluding hydrogens is 398 g/mol. The van der Waals surface area contributed by atoms with Gasteiger partial charge in [-0.25, -0.2) is 0 Å². The first-order valence-electron chi connectivity index (χ1n) is 11.4. The number of nitrogens with one attached hydrogen (secondary N) is 2. The average Bonchev–Trinajstić information content (AvgIpc) is 3.58. The van der Waals surface area contributed by atoms with Crippen LogP contribution in [0, 0.1) is 18.3 Å². The van der Waals surface area contributed by atoms with Crippen molar-refractivity contribution in [3.8, 4) is 5.75 Å². The van der Waals surface area contributed by atoms with Crippen LogP contribution in [-0.4, -0.2) is 24.0 Å². The fourth-order valence-electron chi connectivity index (χ4n) is 3.60. The number of pyridine rings is 1. The van der Waals surface area contributed by atoms with E-state index in [1.165, 1.54) is 12.8 Å². The highest BCUT2D eigenvalue weighted by Crippen LogP contribution is 2.30. The third kappa shape index (κ3) is 5.86. The summed E-state index contributed by atoms with van der Waals surface area (Å²) >= 11 is 0. The lowest BCUT2D eigenvalue weighted by atomic mass is 9.97. The lowest BCUT2D eigenvalue weighted by Gasteiger charge is -2.19. The molecule has 1 aromatic heterocycles. The van der Waals surface area contributed by atoms with E-state index >= 15 is 0 Å². The fraction of sp³-hybridized carbons (Fsp3) is 0.407. The van der Waals surface area contributed by atoms with Gasteiger partial charge in [-0.3, -0.25) is 9.78 Å². The van der Waals surface area contributed by atoms with Crippen LogP contribution in [0.15, 0.2) is 48.7 Å². The lowest BCUT2D eigenvalue weighted by molar-refractivity contribution is 0.102. The average molecular weight is 432 g/mol. The SMILES string of the molecule is Cc1c(NC(=O)c2ccc(OCC3CC3)cc2)ccc2cc(CNCC(C)(C)C)cnc12. The molecule has 4 rings (SSSR count). The van der Waals surface area contributed by atoms with Gasteiger partial charge in [0.15, 0.2) is 0 Å². The fourth-order valence-corrected chi connectivity index (χ4v) is 3.60. The molecule has 0 radical (unpaired) electrons. The maximum absolute atomic E-state index is 12.8. The van der Waals surface area contributed by atoms with Crippen LogP contribution < -0.4 is 15.4 Å². The number of ether oxygens (including phenoxy) is 1. The molecular formula is C27H33N3O2. The Morgan fingerprint density at radius 3 is 2.56 bits per heavy atom. The number of hydrogen-bond donors (Lipinski definition) is 2. The van der Waals surface area contributed by atoms with Gasteiger partial charge >= 0.3 is 0 Å². The Hall–Kier alpha value is -2.92. The first kappa shape index (κ1) is 22.3. The number of benzene rings is 2. The molecule has 1 heterocycles. The van der Waals surface area contributed by atoms with Crippen LogP contribution in [0.2, 0.25) is 0 Å². The monoisotopic (exact) mass is 431 g/mol. The van der Waals surface area contributed by atoms with Crippen molar-refractivity contribution in [1.29, 1.82) is 0 Å². The number of aromatic nitrogens is 1. The number of hydrogen-bond acceptors (Lipinski definition) is 4. The molecule has 2 aromatic carbocycles. The van der Waals surface area contributed by atoms with Gasteiger partial charge in [0.05, 0.1) is 12.1 Å². The van der Waals surface area contributed by atoms with E-state index in [1.807, 2.05) is 49.5 Å². The quantitative estimate of drug-likeness (QED) is 0.479. The summed E-state index contributed by atoms with van der Waals surface area (Å²) in [6.07, 6.45) is 4.43. The number of carbonyl (C=O) groups is 1. The summed E-state index contributed by atoms with van der Waals surface area (Å²) in [6, 6.07) is 13.5. The van der Waals surface area contributed by atoms with Gasteiger partial charge in [-0.05, 0) is 78.6 Å². The summed E-state index contributed by atoms with van der Waals surface area (Å²) in [7, 11) is 0. The Kier molecular flexibility index (Phi) is 6.47.